The Morgan fingerprint density at radius 1 is 1.31 bits per heavy atom. The summed E-state index contributed by atoms with van der Waals surface area (Å²) in [6, 6.07) is 8.40. The first kappa shape index (κ1) is 11.1. The molecule has 1 aromatic carbocycles. The van der Waals surface area contributed by atoms with Gasteiger partial charge in [0.1, 0.15) is 0 Å². The molecule has 0 aliphatic carbocycles. The summed E-state index contributed by atoms with van der Waals surface area (Å²) >= 11 is 0. The number of nitrogens with zero attached hydrogens (tertiary/aromatic N) is 1. The summed E-state index contributed by atoms with van der Waals surface area (Å²) in [6.07, 6.45) is 0.991. The molecule has 1 aromatic rings. The van der Waals surface area contributed by atoms with E-state index in [4.69, 9.17) is 0 Å². The predicted octanol–water partition coefficient (Wildman–Crippen LogP) is -0.284. The number of hydrogen-bond donors (Lipinski definition) is 1. The number of fused-ring (bicyclic) bond motifs is 1. The normalized spacial score (nSPS) is 15.1. The van der Waals surface area contributed by atoms with Crippen molar-refractivity contribution in [2.24, 2.45) is 0 Å². The Morgan fingerprint density at radius 3 is 2.69 bits per heavy atom. The molecule has 1 N–H and O–H groups in total. The Morgan fingerprint density at radius 2 is 2.00 bits per heavy atom. The molecule has 0 unspecified atom stereocenters. The van der Waals surface area contributed by atoms with Crippen molar-refractivity contribution in [2.45, 2.75) is 13.0 Å². The van der Waals surface area contributed by atoms with E-state index in [0.29, 0.717) is 6.54 Å². The largest absolute Gasteiger partial charge is 0.333 e. The van der Waals surface area contributed by atoms with Gasteiger partial charge in [-0.25, -0.2) is 0 Å². The van der Waals surface area contributed by atoms with Crippen LogP contribution in [0.25, 0.3) is 0 Å². The number of carbonyl (C=O) groups excluding carboxylic acids is 1. The maximum Gasteiger partial charge on any atom is 0.278 e. The van der Waals surface area contributed by atoms with Crippen molar-refractivity contribution >= 4 is 5.91 Å². The van der Waals surface area contributed by atoms with E-state index in [2.05, 4.69) is 18.2 Å². The summed E-state index contributed by atoms with van der Waals surface area (Å²) in [5.41, 5.74) is 2.69. The molecule has 16 heavy (non-hydrogen) atoms. The molecular formula is C13H19N2O+. The number of likely N-dealkylation sites (N-methyl/N-ethyl adjacent to an activating group) is 1. The van der Waals surface area contributed by atoms with E-state index >= 15 is 0 Å². The lowest BCUT2D eigenvalue weighted by Gasteiger charge is -2.28. The van der Waals surface area contributed by atoms with Crippen LogP contribution in [0.2, 0.25) is 0 Å². The molecule has 0 radical (unpaired) electrons. The highest BCUT2D eigenvalue weighted by atomic mass is 16.2. The van der Waals surface area contributed by atoms with Crippen molar-refractivity contribution in [1.29, 1.82) is 0 Å². The summed E-state index contributed by atoms with van der Waals surface area (Å²) in [5, 5.41) is 0. The molecule has 3 heteroatoms. The molecule has 0 saturated heterocycles. The quantitative estimate of drug-likeness (QED) is 0.727. The molecule has 0 spiro atoms. The van der Waals surface area contributed by atoms with Gasteiger partial charge in [0.05, 0.1) is 14.1 Å². The van der Waals surface area contributed by atoms with Gasteiger partial charge in [0.2, 0.25) is 0 Å². The van der Waals surface area contributed by atoms with Gasteiger partial charge in [-0.3, -0.25) is 4.79 Å². The van der Waals surface area contributed by atoms with Crippen LogP contribution in [-0.4, -0.2) is 38.0 Å². The molecule has 1 heterocycles. The molecule has 1 amide bonds. The molecule has 1 aliphatic rings. The van der Waals surface area contributed by atoms with Gasteiger partial charge in [-0.2, -0.15) is 0 Å². The van der Waals surface area contributed by atoms with Crippen LogP contribution in [0.4, 0.5) is 0 Å². The van der Waals surface area contributed by atoms with Crippen molar-refractivity contribution in [3.05, 3.63) is 35.4 Å². The lowest BCUT2D eigenvalue weighted by atomic mass is 10.00. The molecule has 2 rings (SSSR count). The number of hydrogen-bond acceptors (Lipinski definition) is 1. The lowest BCUT2D eigenvalue weighted by Crippen LogP contribution is -3.07. The summed E-state index contributed by atoms with van der Waals surface area (Å²) < 4.78 is 0. The molecule has 1 aliphatic heterocycles. The van der Waals surface area contributed by atoms with Gasteiger partial charge in [0, 0.05) is 13.1 Å². The first-order valence-electron chi connectivity index (χ1n) is 5.80. The van der Waals surface area contributed by atoms with Crippen LogP contribution in [-0.2, 0) is 17.8 Å². The number of benzene rings is 1. The fraction of sp³-hybridized carbons (Fsp3) is 0.462. The Kier molecular flexibility index (Phi) is 3.25. The molecule has 0 atom stereocenters. The average Bonchev–Trinajstić information content (AvgIpc) is 2.27. The number of carbonyl (C=O) groups is 1. The number of quaternary nitrogens is 1. The third kappa shape index (κ3) is 2.42. The molecule has 3 nitrogen and oxygen atoms in total. The van der Waals surface area contributed by atoms with Crippen molar-refractivity contribution in [3.8, 4) is 0 Å². The third-order valence-corrected chi connectivity index (χ3v) is 2.99. The van der Waals surface area contributed by atoms with E-state index in [1.807, 2.05) is 25.1 Å². The van der Waals surface area contributed by atoms with Gasteiger partial charge in [0.15, 0.2) is 6.54 Å². The molecule has 0 bridgehead atoms. The van der Waals surface area contributed by atoms with Crippen LogP contribution in [0.3, 0.4) is 0 Å². The standard InChI is InChI=1S/C13H18N2O/c1-14(2)10-13(16)15-8-7-11-5-3-4-6-12(11)9-15/h3-6H,7-10H2,1-2H3/p+1. The van der Waals surface area contributed by atoms with E-state index in [-0.39, 0.29) is 5.91 Å². The van der Waals surface area contributed by atoms with E-state index < -0.39 is 0 Å². The summed E-state index contributed by atoms with van der Waals surface area (Å²) in [5.74, 6) is 0.259. The van der Waals surface area contributed by atoms with E-state index in [0.717, 1.165) is 19.5 Å². The zero-order chi connectivity index (χ0) is 11.5. The van der Waals surface area contributed by atoms with Crippen molar-refractivity contribution in [2.75, 3.05) is 27.2 Å². The Balaban J connectivity index is 2.05. The number of nitrogens with one attached hydrogen (secondary N) is 1. The first-order valence-corrected chi connectivity index (χ1v) is 5.80. The van der Waals surface area contributed by atoms with Crippen molar-refractivity contribution in [1.82, 2.24) is 4.90 Å². The second-order valence-corrected chi connectivity index (χ2v) is 4.72. The molecule has 0 aromatic heterocycles. The smallest absolute Gasteiger partial charge is 0.278 e. The van der Waals surface area contributed by atoms with Crippen molar-refractivity contribution in [3.63, 3.8) is 0 Å². The van der Waals surface area contributed by atoms with Crippen LogP contribution in [0.15, 0.2) is 24.3 Å². The van der Waals surface area contributed by atoms with E-state index in [9.17, 15) is 4.79 Å². The fourth-order valence-electron chi connectivity index (χ4n) is 2.12. The van der Waals surface area contributed by atoms with Gasteiger partial charge in [-0.15, -0.1) is 0 Å². The molecule has 0 fully saturated rings. The Bertz CT molecular complexity index is 387. The minimum absolute atomic E-state index is 0.259. The van der Waals surface area contributed by atoms with Crippen LogP contribution in [0.1, 0.15) is 11.1 Å². The average molecular weight is 219 g/mol. The maximum atomic E-state index is 11.9. The van der Waals surface area contributed by atoms with Crippen LogP contribution in [0.5, 0.6) is 0 Å². The summed E-state index contributed by atoms with van der Waals surface area (Å²) in [6.45, 7) is 2.23. The van der Waals surface area contributed by atoms with E-state index in [1.54, 1.807) is 0 Å². The zero-order valence-electron chi connectivity index (χ0n) is 9.99. The maximum absolute atomic E-state index is 11.9. The second kappa shape index (κ2) is 4.66. The van der Waals surface area contributed by atoms with Gasteiger partial charge in [0.25, 0.3) is 5.91 Å². The molecule has 0 saturated carbocycles. The molecule has 86 valence electrons. The highest BCUT2D eigenvalue weighted by Gasteiger charge is 2.21. The number of rotatable bonds is 2. The fourth-order valence-corrected chi connectivity index (χ4v) is 2.12. The second-order valence-electron chi connectivity index (χ2n) is 4.72. The third-order valence-electron chi connectivity index (χ3n) is 2.99. The predicted molar refractivity (Wildman–Crippen MR) is 63.2 cm³/mol. The minimum atomic E-state index is 0.259. The zero-order valence-corrected chi connectivity index (χ0v) is 9.99. The minimum Gasteiger partial charge on any atom is -0.333 e. The summed E-state index contributed by atoms with van der Waals surface area (Å²) in [4.78, 5) is 15.1. The highest BCUT2D eigenvalue weighted by Crippen LogP contribution is 2.17. The van der Waals surface area contributed by atoms with E-state index in [1.165, 1.54) is 16.0 Å². The first-order chi connectivity index (χ1) is 7.66. The van der Waals surface area contributed by atoms with Crippen molar-refractivity contribution < 1.29 is 9.69 Å². The van der Waals surface area contributed by atoms with Crippen LogP contribution in [0, 0.1) is 0 Å². The summed E-state index contributed by atoms with van der Waals surface area (Å²) in [7, 11) is 4.02. The topological polar surface area (TPSA) is 24.8 Å². The van der Waals surface area contributed by atoms with Gasteiger partial charge in [-0.1, -0.05) is 24.3 Å². The monoisotopic (exact) mass is 219 g/mol. The Hall–Kier alpha value is -1.35. The van der Waals surface area contributed by atoms with Gasteiger partial charge >= 0.3 is 0 Å². The van der Waals surface area contributed by atoms with Gasteiger partial charge < -0.3 is 9.80 Å². The Labute approximate surface area is 96.7 Å². The highest BCUT2D eigenvalue weighted by molar-refractivity contribution is 5.77. The van der Waals surface area contributed by atoms with Crippen LogP contribution >= 0.6 is 0 Å². The molecular weight excluding hydrogens is 200 g/mol. The SMILES string of the molecule is C[NH+](C)CC(=O)N1CCc2ccccc2C1. The number of amides is 1. The lowest BCUT2D eigenvalue weighted by molar-refractivity contribution is -0.849. The van der Waals surface area contributed by atoms with Crippen LogP contribution < -0.4 is 4.90 Å². The van der Waals surface area contributed by atoms with Gasteiger partial charge in [-0.05, 0) is 17.5 Å².